The van der Waals surface area contributed by atoms with Crippen molar-refractivity contribution in [2.45, 2.75) is 20.8 Å². The number of para-hydroxylation sites is 1. The maximum atomic E-state index is 12.3. The van der Waals surface area contributed by atoms with Crippen LogP contribution in [-0.4, -0.2) is 44.0 Å². The molecule has 4 rings (SSSR count). The Morgan fingerprint density at radius 3 is 2.53 bits per heavy atom. The zero-order valence-corrected chi connectivity index (χ0v) is 17.2. The molecule has 1 amide bonds. The third kappa shape index (κ3) is 3.98. The molecule has 0 bridgehead atoms. The van der Waals surface area contributed by atoms with E-state index in [-0.39, 0.29) is 5.91 Å². The molecule has 0 aliphatic heterocycles. The lowest BCUT2D eigenvalue weighted by atomic mass is 10.2. The highest BCUT2D eigenvalue weighted by atomic mass is 16.1. The van der Waals surface area contributed by atoms with Crippen molar-refractivity contribution in [2.75, 3.05) is 18.4 Å². The summed E-state index contributed by atoms with van der Waals surface area (Å²) in [6.45, 7) is 6.99. The summed E-state index contributed by atoms with van der Waals surface area (Å²) in [5.41, 5.74) is 4.38. The molecule has 0 radical (unpaired) electrons. The van der Waals surface area contributed by atoms with Crippen LogP contribution in [0.4, 0.5) is 5.82 Å². The topological polar surface area (TPSA) is 97.6 Å². The SMILES string of the molecule is Cc1nn(-c2ccc(NCCNC(=O)c3ccc4ccccc4n3)nn2)c(C)c1C. The highest BCUT2D eigenvalue weighted by molar-refractivity contribution is 5.94. The first-order valence-corrected chi connectivity index (χ1v) is 9.78. The molecule has 2 N–H and O–H groups in total. The summed E-state index contributed by atoms with van der Waals surface area (Å²) < 4.78 is 1.79. The molecule has 3 aromatic heterocycles. The fraction of sp³-hybridized carbons (Fsp3) is 0.227. The molecular weight excluding hydrogens is 378 g/mol. The fourth-order valence-electron chi connectivity index (χ4n) is 3.13. The summed E-state index contributed by atoms with van der Waals surface area (Å²) >= 11 is 0. The van der Waals surface area contributed by atoms with Crippen LogP contribution in [0.3, 0.4) is 0 Å². The highest BCUT2D eigenvalue weighted by Crippen LogP contribution is 2.15. The van der Waals surface area contributed by atoms with Crippen LogP contribution < -0.4 is 10.6 Å². The first-order chi connectivity index (χ1) is 14.5. The van der Waals surface area contributed by atoms with E-state index < -0.39 is 0 Å². The number of amides is 1. The molecule has 0 saturated heterocycles. The van der Waals surface area contributed by atoms with E-state index >= 15 is 0 Å². The number of hydrogen-bond donors (Lipinski definition) is 2. The van der Waals surface area contributed by atoms with E-state index in [1.54, 1.807) is 10.7 Å². The monoisotopic (exact) mass is 401 g/mol. The van der Waals surface area contributed by atoms with Crippen LogP contribution >= 0.6 is 0 Å². The van der Waals surface area contributed by atoms with Gasteiger partial charge in [0.15, 0.2) is 5.82 Å². The second-order valence-corrected chi connectivity index (χ2v) is 7.06. The molecule has 0 spiro atoms. The number of fused-ring (bicyclic) bond motifs is 1. The van der Waals surface area contributed by atoms with Gasteiger partial charge in [-0.25, -0.2) is 9.67 Å². The standard InChI is InChI=1S/C22H23N7O/c1-14-15(2)28-29(16(14)3)21-11-10-20(26-27-21)23-12-13-24-22(30)19-9-8-17-6-4-5-7-18(17)25-19/h4-11H,12-13H2,1-3H3,(H,23,26)(H,24,30). The molecule has 0 saturated carbocycles. The van der Waals surface area contributed by atoms with Crippen LogP contribution in [0.5, 0.6) is 0 Å². The summed E-state index contributed by atoms with van der Waals surface area (Å²) in [4.78, 5) is 16.7. The minimum Gasteiger partial charge on any atom is -0.367 e. The third-order valence-electron chi connectivity index (χ3n) is 5.07. The first kappa shape index (κ1) is 19.5. The average molecular weight is 401 g/mol. The van der Waals surface area contributed by atoms with Gasteiger partial charge in [0.25, 0.3) is 5.91 Å². The van der Waals surface area contributed by atoms with Gasteiger partial charge in [0, 0.05) is 24.2 Å². The van der Waals surface area contributed by atoms with E-state index in [4.69, 9.17) is 0 Å². The molecule has 30 heavy (non-hydrogen) atoms. The van der Waals surface area contributed by atoms with Crippen molar-refractivity contribution in [1.82, 2.24) is 30.3 Å². The largest absolute Gasteiger partial charge is 0.367 e. The summed E-state index contributed by atoms with van der Waals surface area (Å²) in [6, 6.07) is 15.1. The Bertz CT molecular complexity index is 1200. The van der Waals surface area contributed by atoms with Gasteiger partial charge in [0.2, 0.25) is 0 Å². The molecule has 1 aromatic carbocycles. The summed E-state index contributed by atoms with van der Waals surface area (Å²) in [6.07, 6.45) is 0. The van der Waals surface area contributed by atoms with Crippen LogP contribution in [0.15, 0.2) is 48.5 Å². The highest BCUT2D eigenvalue weighted by Gasteiger charge is 2.11. The Morgan fingerprint density at radius 2 is 1.80 bits per heavy atom. The molecule has 4 aromatic rings. The van der Waals surface area contributed by atoms with Gasteiger partial charge in [-0.3, -0.25) is 4.79 Å². The van der Waals surface area contributed by atoms with E-state index in [1.807, 2.05) is 63.2 Å². The van der Waals surface area contributed by atoms with Gasteiger partial charge in [-0.1, -0.05) is 24.3 Å². The van der Waals surface area contributed by atoms with Crippen molar-refractivity contribution in [3.63, 3.8) is 0 Å². The number of benzene rings is 1. The average Bonchev–Trinajstić information content (AvgIpc) is 3.04. The van der Waals surface area contributed by atoms with Crippen LogP contribution in [-0.2, 0) is 0 Å². The zero-order valence-electron chi connectivity index (χ0n) is 17.2. The Balaban J connectivity index is 1.30. The number of aryl methyl sites for hydroxylation is 1. The van der Waals surface area contributed by atoms with E-state index in [9.17, 15) is 4.79 Å². The van der Waals surface area contributed by atoms with Gasteiger partial charge in [0.1, 0.15) is 11.5 Å². The van der Waals surface area contributed by atoms with Gasteiger partial charge >= 0.3 is 0 Å². The number of carbonyl (C=O) groups excluding carboxylic acids is 1. The molecule has 0 unspecified atom stereocenters. The maximum absolute atomic E-state index is 12.3. The number of aromatic nitrogens is 5. The smallest absolute Gasteiger partial charge is 0.269 e. The Labute approximate surface area is 174 Å². The number of carbonyl (C=O) groups is 1. The Hall–Kier alpha value is -3.81. The lowest BCUT2D eigenvalue weighted by Gasteiger charge is -2.08. The van der Waals surface area contributed by atoms with Crippen molar-refractivity contribution < 1.29 is 4.79 Å². The normalized spacial score (nSPS) is 10.9. The van der Waals surface area contributed by atoms with Crippen LogP contribution in [0.25, 0.3) is 16.7 Å². The number of nitrogens with one attached hydrogen (secondary N) is 2. The van der Waals surface area contributed by atoms with Crippen molar-refractivity contribution in [2.24, 2.45) is 0 Å². The molecule has 3 heterocycles. The second kappa shape index (κ2) is 8.28. The molecule has 8 heteroatoms. The predicted octanol–water partition coefficient (Wildman–Crippen LogP) is 2.98. The molecule has 0 atom stereocenters. The summed E-state index contributed by atoms with van der Waals surface area (Å²) in [5.74, 6) is 1.10. The first-order valence-electron chi connectivity index (χ1n) is 9.78. The minimum absolute atomic E-state index is 0.205. The van der Waals surface area contributed by atoms with Crippen LogP contribution in [0.1, 0.15) is 27.4 Å². The lowest BCUT2D eigenvalue weighted by Crippen LogP contribution is -2.29. The number of rotatable bonds is 6. The van der Waals surface area contributed by atoms with Gasteiger partial charge in [0.05, 0.1) is 11.2 Å². The van der Waals surface area contributed by atoms with Gasteiger partial charge in [-0.05, 0) is 50.6 Å². The summed E-state index contributed by atoms with van der Waals surface area (Å²) in [7, 11) is 0. The quantitative estimate of drug-likeness (QED) is 0.482. The molecular formula is C22H23N7O. The fourth-order valence-corrected chi connectivity index (χ4v) is 3.13. The van der Waals surface area contributed by atoms with Crippen molar-refractivity contribution in [1.29, 1.82) is 0 Å². The minimum atomic E-state index is -0.205. The number of pyridine rings is 1. The number of hydrogen-bond acceptors (Lipinski definition) is 6. The van der Waals surface area contributed by atoms with Crippen LogP contribution in [0, 0.1) is 20.8 Å². The van der Waals surface area contributed by atoms with Crippen molar-refractivity contribution in [3.8, 4) is 5.82 Å². The maximum Gasteiger partial charge on any atom is 0.269 e. The van der Waals surface area contributed by atoms with Crippen LogP contribution in [0.2, 0.25) is 0 Å². The van der Waals surface area contributed by atoms with E-state index in [0.717, 1.165) is 27.9 Å². The molecule has 0 aliphatic carbocycles. The third-order valence-corrected chi connectivity index (χ3v) is 5.07. The summed E-state index contributed by atoms with van der Waals surface area (Å²) in [5, 5.41) is 20.0. The Morgan fingerprint density at radius 1 is 0.967 bits per heavy atom. The van der Waals surface area contributed by atoms with E-state index in [1.165, 1.54) is 0 Å². The van der Waals surface area contributed by atoms with Gasteiger partial charge in [-0.15, -0.1) is 10.2 Å². The van der Waals surface area contributed by atoms with E-state index in [2.05, 4.69) is 30.9 Å². The van der Waals surface area contributed by atoms with Gasteiger partial charge in [-0.2, -0.15) is 5.10 Å². The molecule has 8 nitrogen and oxygen atoms in total. The van der Waals surface area contributed by atoms with Crippen molar-refractivity contribution in [3.05, 3.63) is 71.2 Å². The number of nitrogens with zero attached hydrogens (tertiary/aromatic N) is 5. The zero-order chi connectivity index (χ0) is 21.1. The lowest BCUT2D eigenvalue weighted by molar-refractivity contribution is 0.0950. The Kier molecular flexibility index (Phi) is 5.38. The van der Waals surface area contributed by atoms with Crippen molar-refractivity contribution >= 4 is 22.6 Å². The second-order valence-electron chi connectivity index (χ2n) is 7.06. The van der Waals surface area contributed by atoms with E-state index in [0.29, 0.717) is 30.4 Å². The molecule has 0 fully saturated rings. The molecule has 152 valence electrons. The molecule has 0 aliphatic rings. The predicted molar refractivity (Wildman–Crippen MR) is 116 cm³/mol. The number of anilines is 1. The van der Waals surface area contributed by atoms with Gasteiger partial charge < -0.3 is 10.6 Å².